The van der Waals surface area contributed by atoms with Crippen LogP contribution in [-0.2, 0) is 15.7 Å². The van der Waals surface area contributed by atoms with Crippen molar-refractivity contribution in [1.29, 1.82) is 0 Å². The smallest absolute Gasteiger partial charge is 0.422 e. The van der Waals surface area contributed by atoms with E-state index < -0.39 is 71.5 Å². The van der Waals surface area contributed by atoms with Crippen molar-refractivity contribution in [3.8, 4) is 16.9 Å². The number of Topliss-reactive ketones (excluding diaryl/α,β-unsaturated/α-hetero) is 1. The third-order valence-electron chi connectivity index (χ3n) is 5.65. The molecule has 0 bridgehead atoms. The van der Waals surface area contributed by atoms with Crippen LogP contribution in [0.15, 0.2) is 48.5 Å². The Bertz CT molecular complexity index is 1540. The molecule has 2 N–H and O–H groups in total. The number of nitrogens with one attached hydrogen (secondary N) is 2. The van der Waals surface area contributed by atoms with E-state index >= 15 is 0 Å². The number of amides is 2. The Morgan fingerprint density at radius 3 is 2.00 bits per heavy atom. The van der Waals surface area contributed by atoms with Gasteiger partial charge in [0.05, 0.1) is 23.4 Å². The number of hydrogen-bond donors (Lipinski definition) is 2. The molecule has 0 atom stereocenters. The van der Waals surface area contributed by atoms with E-state index in [1.54, 1.807) is 32.0 Å². The fourth-order valence-corrected chi connectivity index (χ4v) is 4.02. The van der Waals surface area contributed by atoms with Gasteiger partial charge in [0, 0.05) is 23.0 Å². The van der Waals surface area contributed by atoms with E-state index in [1.807, 2.05) is 12.1 Å². The van der Waals surface area contributed by atoms with E-state index in [1.165, 1.54) is 26.8 Å². The van der Waals surface area contributed by atoms with Crippen LogP contribution in [0.4, 0.5) is 42.5 Å². The molecule has 2 amide bonds. The minimum absolute atomic E-state index is 0.142. The molecule has 0 radical (unpaired) electrons. The molecule has 1 aromatic heterocycles. The summed E-state index contributed by atoms with van der Waals surface area (Å²) >= 11 is 0. The number of anilines is 2. The second kappa shape index (κ2) is 12.9. The number of benzene rings is 2. The number of aromatic nitrogens is 1. The minimum Gasteiger partial charge on any atom is -0.483 e. The van der Waals surface area contributed by atoms with Gasteiger partial charge < -0.3 is 14.8 Å². The zero-order valence-corrected chi connectivity index (χ0v) is 24.3. The Balaban J connectivity index is 1.92. The predicted molar refractivity (Wildman–Crippen MR) is 150 cm³/mol. The number of carbonyl (C=O) groups is 3. The highest BCUT2D eigenvalue weighted by molar-refractivity contribution is 6.12. The third-order valence-corrected chi connectivity index (χ3v) is 5.65. The van der Waals surface area contributed by atoms with Crippen molar-refractivity contribution >= 4 is 29.2 Å². The molecule has 236 valence electrons. The van der Waals surface area contributed by atoms with E-state index in [-0.39, 0.29) is 5.56 Å². The molecule has 44 heavy (non-hydrogen) atoms. The molecule has 8 nitrogen and oxygen atoms in total. The highest BCUT2D eigenvalue weighted by Crippen LogP contribution is 2.42. The van der Waals surface area contributed by atoms with Crippen LogP contribution in [0.5, 0.6) is 5.75 Å². The molecule has 0 aliphatic carbocycles. The van der Waals surface area contributed by atoms with Crippen molar-refractivity contribution < 1.29 is 50.2 Å². The normalized spacial score (nSPS) is 12.0. The van der Waals surface area contributed by atoms with Crippen LogP contribution in [0, 0.1) is 13.8 Å². The van der Waals surface area contributed by atoms with Crippen LogP contribution in [0.25, 0.3) is 11.1 Å². The Labute approximate surface area is 248 Å². The topological polar surface area (TPSA) is 107 Å². The largest absolute Gasteiger partial charge is 0.483 e. The molecule has 3 aromatic rings. The quantitative estimate of drug-likeness (QED) is 0.150. The first-order chi connectivity index (χ1) is 20.2. The van der Waals surface area contributed by atoms with Crippen molar-refractivity contribution in [2.24, 2.45) is 0 Å². The summed E-state index contributed by atoms with van der Waals surface area (Å²) in [6.45, 7) is 6.05. The minimum atomic E-state index is -5.22. The lowest BCUT2D eigenvalue weighted by Gasteiger charge is -2.22. The van der Waals surface area contributed by atoms with E-state index in [2.05, 4.69) is 20.4 Å². The van der Waals surface area contributed by atoms with Gasteiger partial charge in [0.25, 0.3) is 0 Å². The van der Waals surface area contributed by atoms with Gasteiger partial charge in [-0.15, -0.1) is 0 Å². The number of alkyl halides is 6. The summed E-state index contributed by atoms with van der Waals surface area (Å²) in [6.07, 6.45) is -12.2. The fourth-order valence-electron chi connectivity index (χ4n) is 4.02. The summed E-state index contributed by atoms with van der Waals surface area (Å²) in [6, 6.07) is 10.8. The highest BCUT2D eigenvalue weighted by atomic mass is 19.4. The van der Waals surface area contributed by atoms with Gasteiger partial charge in [-0.05, 0) is 70.0 Å². The van der Waals surface area contributed by atoms with Gasteiger partial charge >= 0.3 is 18.4 Å². The first kappa shape index (κ1) is 33.9. The molecule has 0 saturated carbocycles. The van der Waals surface area contributed by atoms with Crippen LogP contribution in [-0.4, -0.2) is 41.2 Å². The summed E-state index contributed by atoms with van der Waals surface area (Å²) < 4.78 is 89.2. The number of pyridine rings is 1. The Kier molecular flexibility index (Phi) is 9.96. The Morgan fingerprint density at radius 1 is 0.818 bits per heavy atom. The number of ether oxygens (including phenoxy) is 2. The second-order valence-electron chi connectivity index (χ2n) is 10.8. The lowest BCUT2D eigenvalue weighted by atomic mass is 9.99. The van der Waals surface area contributed by atoms with Gasteiger partial charge in [0.1, 0.15) is 11.4 Å². The van der Waals surface area contributed by atoms with Gasteiger partial charge in [-0.2, -0.15) is 26.3 Å². The van der Waals surface area contributed by atoms with Crippen molar-refractivity contribution in [3.05, 3.63) is 71.0 Å². The van der Waals surface area contributed by atoms with E-state index in [0.29, 0.717) is 17.7 Å². The molecule has 2 aromatic carbocycles. The van der Waals surface area contributed by atoms with Gasteiger partial charge in [-0.3, -0.25) is 19.9 Å². The molecule has 0 spiro atoms. The molecule has 0 aliphatic rings. The second-order valence-corrected chi connectivity index (χ2v) is 10.8. The predicted octanol–water partition coefficient (Wildman–Crippen LogP) is 7.88. The first-order valence-corrected chi connectivity index (χ1v) is 13.0. The molecular weight excluding hydrogens is 596 g/mol. The lowest BCUT2D eigenvalue weighted by molar-refractivity contribution is -0.158. The molecule has 0 saturated heterocycles. The van der Waals surface area contributed by atoms with Gasteiger partial charge in [0.2, 0.25) is 5.91 Å². The number of hydrogen-bond acceptors (Lipinski definition) is 6. The van der Waals surface area contributed by atoms with Gasteiger partial charge in [0.15, 0.2) is 12.4 Å². The molecule has 3 rings (SSSR count). The Morgan fingerprint density at radius 2 is 1.43 bits per heavy atom. The summed E-state index contributed by atoms with van der Waals surface area (Å²) in [5.41, 5.74) is -0.841. The first-order valence-electron chi connectivity index (χ1n) is 13.0. The van der Waals surface area contributed by atoms with E-state index in [4.69, 9.17) is 4.74 Å². The van der Waals surface area contributed by atoms with Gasteiger partial charge in [-0.25, -0.2) is 4.79 Å². The zero-order chi connectivity index (χ0) is 33.0. The van der Waals surface area contributed by atoms with Crippen LogP contribution in [0.2, 0.25) is 0 Å². The molecule has 0 aliphatic heterocycles. The summed E-state index contributed by atoms with van der Waals surface area (Å²) in [5, 5.41) is 4.25. The number of ketones is 1. The number of rotatable bonds is 8. The average Bonchev–Trinajstić information content (AvgIpc) is 2.85. The average molecular weight is 626 g/mol. The third kappa shape index (κ3) is 9.99. The Hall–Kier alpha value is -4.62. The highest BCUT2D eigenvalue weighted by Gasteiger charge is 2.38. The molecule has 1 heterocycles. The van der Waals surface area contributed by atoms with Crippen LogP contribution in [0.3, 0.4) is 0 Å². The lowest BCUT2D eigenvalue weighted by Crippen LogP contribution is -2.28. The SMILES string of the molecule is Cc1cc(-c2cccc(C(=O)CC(=O)Nc3cc(C(F)(F)F)c(OCC(F)(F)F)cc3NC(=O)OC(C)(C)C)c2)cc(C)n1. The zero-order valence-electron chi connectivity index (χ0n) is 24.3. The molecule has 0 fully saturated rings. The number of carbonyl (C=O) groups excluding carboxylic acids is 3. The maximum atomic E-state index is 13.8. The van der Waals surface area contributed by atoms with Crippen LogP contribution >= 0.6 is 0 Å². The summed E-state index contributed by atoms with van der Waals surface area (Å²) in [5.74, 6) is -2.98. The van der Waals surface area contributed by atoms with Crippen molar-refractivity contribution in [2.75, 3.05) is 17.2 Å². The maximum absolute atomic E-state index is 13.8. The van der Waals surface area contributed by atoms with Crippen molar-refractivity contribution in [3.63, 3.8) is 0 Å². The monoisotopic (exact) mass is 625 g/mol. The fraction of sp³-hybridized carbons (Fsp3) is 0.333. The van der Waals surface area contributed by atoms with Gasteiger partial charge in [-0.1, -0.05) is 18.2 Å². The standard InChI is InChI=1S/C30H29F6N3O5/c1-16-9-20(10-17(2)37-16)18-7-6-8-19(11-18)24(40)14-26(41)38-22-12-21(30(34,35)36)25(43-15-29(31,32)33)13-23(22)39-27(42)44-28(3,4)5/h6-13H,14-15H2,1-5H3,(H,38,41)(H,39,42). The summed E-state index contributed by atoms with van der Waals surface area (Å²) in [7, 11) is 0. The molecule has 0 unspecified atom stereocenters. The van der Waals surface area contributed by atoms with Crippen molar-refractivity contribution in [2.45, 2.75) is 59.0 Å². The molecule has 14 heteroatoms. The van der Waals surface area contributed by atoms with E-state index in [0.717, 1.165) is 17.0 Å². The number of aryl methyl sites for hydroxylation is 2. The van der Waals surface area contributed by atoms with Crippen LogP contribution < -0.4 is 15.4 Å². The number of halogens is 6. The molecular formula is C30H29F6N3O5. The number of nitrogens with zero attached hydrogens (tertiary/aromatic N) is 1. The van der Waals surface area contributed by atoms with Crippen LogP contribution in [0.1, 0.15) is 54.5 Å². The van der Waals surface area contributed by atoms with E-state index in [9.17, 15) is 40.7 Å². The van der Waals surface area contributed by atoms with Crippen molar-refractivity contribution in [1.82, 2.24) is 4.98 Å². The maximum Gasteiger partial charge on any atom is 0.422 e. The summed E-state index contributed by atoms with van der Waals surface area (Å²) in [4.78, 5) is 42.5.